The van der Waals surface area contributed by atoms with Gasteiger partial charge in [0.2, 0.25) is 0 Å². The summed E-state index contributed by atoms with van der Waals surface area (Å²) in [7, 11) is 1.69. The lowest BCUT2D eigenvalue weighted by atomic mass is 9.78. The Labute approximate surface area is 127 Å². The van der Waals surface area contributed by atoms with Gasteiger partial charge >= 0.3 is 0 Å². The predicted molar refractivity (Wildman–Crippen MR) is 89.0 cm³/mol. The minimum absolute atomic E-state index is 0.335. The lowest BCUT2D eigenvalue weighted by Crippen LogP contribution is -2.20. The fourth-order valence-electron chi connectivity index (χ4n) is 3.11. The van der Waals surface area contributed by atoms with Crippen LogP contribution in [0.2, 0.25) is 0 Å². The third-order valence-electron chi connectivity index (χ3n) is 4.31. The quantitative estimate of drug-likeness (QED) is 0.860. The Kier molecular flexibility index (Phi) is 5.40. The molecule has 2 N–H and O–H groups in total. The summed E-state index contributed by atoms with van der Waals surface area (Å²) < 4.78 is 5.24. The Bertz CT molecular complexity index is 562. The van der Waals surface area contributed by atoms with Crippen molar-refractivity contribution in [3.63, 3.8) is 0 Å². The molecule has 0 saturated carbocycles. The number of hydrogen-bond donors (Lipinski definition) is 1. The molecule has 112 valence electrons. The first-order chi connectivity index (χ1) is 10.2. The van der Waals surface area contributed by atoms with Gasteiger partial charge in [0.05, 0.1) is 7.11 Å². The maximum atomic E-state index is 6.11. The first-order valence-corrected chi connectivity index (χ1v) is 7.60. The molecule has 0 saturated heterocycles. The minimum Gasteiger partial charge on any atom is -0.497 e. The van der Waals surface area contributed by atoms with Crippen LogP contribution in [0.3, 0.4) is 0 Å². The number of rotatable bonds is 6. The number of benzene rings is 2. The van der Waals surface area contributed by atoms with Gasteiger partial charge in [-0.1, -0.05) is 43.3 Å². The number of ether oxygens (including phenoxy) is 1. The Morgan fingerprint density at radius 2 is 1.67 bits per heavy atom. The third kappa shape index (κ3) is 3.45. The number of nitrogens with two attached hydrogens (primary N) is 1. The van der Waals surface area contributed by atoms with Crippen molar-refractivity contribution in [2.24, 2.45) is 5.73 Å². The molecule has 0 bridgehead atoms. The van der Waals surface area contributed by atoms with Crippen molar-refractivity contribution in [3.8, 4) is 5.75 Å². The van der Waals surface area contributed by atoms with Crippen LogP contribution in [0.1, 0.15) is 41.9 Å². The third-order valence-corrected chi connectivity index (χ3v) is 4.31. The number of hydrogen-bond acceptors (Lipinski definition) is 2. The largest absolute Gasteiger partial charge is 0.497 e. The van der Waals surface area contributed by atoms with Crippen molar-refractivity contribution >= 4 is 0 Å². The van der Waals surface area contributed by atoms with Crippen LogP contribution < -0.4 is 10.5 Å². The molecule has 0 aliphatic heterocycles. The van der Waals surface area contributed by atoms with Crippen molar-refractivity contribution in [2.45, 2.75) is 32.1 Å². The molecule has 0 heterocycles. The zero-order valence-corrected chi connectivity index (χ0v) is 13.2. The summed E-state index contributed by atoms with van der Waals surface area (Å²) in [5.74, 6) is 1.67. The summed E-state index contributed by atoms with van der Waals surface area (Å²) in [5, 5.41) is 0. The summed E-state index contributed by atoms with van der Waals surface area (Å²) in [6.07, 6.45) is 1.08. The van der Waals surface area contributed by atoms with E-state index in [1.54, 1.807) is 7.11 Å². The Hall–Kier alpha value is -1.80. The van der Waals surface area contributed by atoms with Crippen LogP contribution in [-0.2, 0) is 0 Å². The molecule has 0 aliphatic rings. The molecule has 0 aromatic heterocycles. The molecular weight excluding hydrogens is 258 g/mol. The predicted octanol–water partition coefficient (Wildman–Crippen LogP) is 4.24. The molecule has 0 fully saturated rings. The molecule has 2 rings (SSSR count). The van der Waals surface area contributed by atoms with Gasteiger partial charge in [0.25, 0.3) is 0 Å². The Morgan fingerprint density at radius 1 is 1.00 bits per heavy atom. The summed E-state index contributed by atoms with van der Waals surface area (Å²) in [6.45, 7) is 5.07. The van der Waals surface area contributed by atoms with E-state index in [0.29, 0.717) is 18.4 Å². The van der Waals surface area contributed by atoms with Gasteiger partial charge in [0.15, 0.2) is 0 Å². The molecule has 2 nitrogen and oxygen atoms in total. The smallest absolute Gasteiger partial charge is 0.118 e. The van der Waals surface area contributed by atoms with Gasteiger partial charge in [-0.05, 0) is 54.6 Å². The Balaban J connectivity index is 2.35. The number of methoxy groups -OCH3 is 1. The van der Waals surface area contributed by atoms with Crippen LogP contribution in [0.4, 0.5) is 0 Å². The van der Waals surface area contributed by atoms with Crippen LogP contribution in [0.15, 0.2) is 48.5 Å². The summed E-state index contributed by atoms with van der Waals surface area (Å²) >= 11 is 0. The molecule has 21 heavy (non-hydrogen) atoms. The highest BCUT2D eigenvalue weighted by atomic mass is 16.5. The van der Waals surface area contributed by atoms with Gasteiger partial charge in [-0.25, -0.2) is 0 Å². The van der Waals surface area contributed by atoms with Gasteiger partial charge in [-0.15, -0.1) is 0 Å². The average Bonchev–Trinajstić information content (AvgIpc) is 2.54. The maximum Gasteiger partial charge on any atom is 0.118 e. The zero-order valence-electron chi connectivity index (χ0n) is 13.2. The van der Waals surface area contributed by atoms with Gasteiger partial charge in [0, 0.05) is 5.92 Å². The van der Waals surface area contributed by atoms with E-state index < -0.39 is 0 Å². The highest BCUT2D eigenvalue weighted by Crippen LogP contribution is 2.36. The monoisotopic (exact) mass is 283 g/mol. The molecule has 0 aliphatic carbocycles. The second-order valence-corrected chi connectivity index (χ2v) is 5.49. The lowest BCUT2D eigenvalue weighted by molar-refractivity contribution is 0.414. The molecule has 2 aromatic carbocycles. The van der Waals surface area contributed by atoms with E-state index in [2.05, 4.69) is 50.2 Å². The second-order valence-electron chi connectivity index (χ2n) is 5.49. The first-order valence-electron chi connectivity index (χ1n) is 7.60. The van der Waals surface area contributed by atoms with E-state index in [1.807, 2.05) is 12.1 Å². The Morgan fingerprint density at radius 3 is 2.19 bits per heavy atom. The van der Waals surface area contributed by atoms with Crippen molar-refractivity contribution < 1.29 is 4.74 Å². The topological polar surface area (TPSA) is 35.2 Å². The fraction of sp³-hybridized carbons (Fsp3) is 0.368. The summed E-state index contributed by atoms with van der Waals surface area (Å²) in [4.78, 5) is 0. The molecule has 2 heteroatoms. The van der Waals surface area contributed by atoms with Gasteiger partial charge < -0.3 is 10.5 Å². The van der Waals surface area contributed by atoms with E-state index >= 15 is 0 Å². The molecule has 2 atom stereocenters. The van der Waals surface area contributed by atoms with E-state index in [4.69, 9.17) is 10.5 Å². The van der Waals surface area contributed by atoms with Crippen molar-refractivity contribution in [3.05, 3.63) is 65.2 Å². The molecule has 2 unspecified atom stereocenters. The average molecular weight is 283 g/mol. The van der Waals surface area contributed by atoms with Crippen molar-refractivity contribution in [1.82, 2.24) is 0 Å². The number of aryl methyl sites for hydroxylation is 1. The molecule has 2 aromatic rings. The second kappa shape index (κ2) is 7.28. The van der Waals surface area contributed by atoms with Gasteiger partial charge in [-0.3, -0.25) is 0 Å². The van der Waals surface area contributed by atoms with Gasteiger partial charge in [-0.2, -0.15) is 0 Å². The summed E-state index contributed by atoms with van der Waals surface area (Å²) in [5.41, 5.74) is 10.1. The normalized spacial score (nSPS) is 13.7. The van der Waals surface area contributed by atoms with Crippen LogP contribution in [-0.4, -0.2) is 13.7 Å². The molecule has 0 spiro atoms. The molecular formula is C19H25NO. The lowest BCUT2D eigenvalue weighted by Gasteiger charge is -2.27. The van der Waals surface area contributed by atoms with E-state index in [1.165, 1.54) is 16.7 Å². The standard InChI is InChI=1S/C19H25NO/c1-4-17(18-8-6-5-7-14(18)2)19(13-20)15-9-11-16(21-3)12-10-15/h5-12,17,19H,4,13,20H2,1-3H3. The van der Waals surface area contributed by atoms with Crippen molar-refractivity contribution in [1.29, 1.82) is 0 Å². The maximum absolute atomic E-state index is 6.11. The molecule has 0 radical (unpaired) electrons. The minimum atomic E-state index is 0.335. The first kappa shape index (κ1) is 15.6. The highest BCUT2D eigenvalue weighted by Gasteiger charge is 2.23. The van der Waals surface area contributed by atoms with E-state index in [0.717, 1.165) is 12.2 Å². The fourth-order valence-corrected chi connectivity index (χ4v) is 3.11. The zero-order chi connectivity index (χ0) is 15.2. The molecule has 0 amide bonds. The van der Waals surface area contributed by atoms with Crippen LogP contribution in [0.5, 0.6) is 5.75 Å². The summed E-state index contributed by atoms with van der Waals surface area (Å²) in [6, 6.07) is 16.9. The van der Waals surface area contributed by atoms with Crippen LogP contribution in [0, 0.1) is 6.92 Å². The SMILES string of the molecule is CCC(c1ccccc1C)C(CN)c1ccc(OC)cc1. The van der Waals surface area contributed by atoms with E-state index in [9.17, 15) is 0 Å². The van der Waals surface area contributed by atoms with Crippen LogP contribution >= 0.6 is 0 Å². The van der Waals surface area contributed by atoms with Gasteiger partial charge in [0.1, 0.15) is 5.75 Å². The highest BCUT2D eigenvalue weighted by molar-refractivity contribution is 5.36. The van der Waals surface area contributed by atoms with Crippen molar-refractivity contribution in [2.75, 3.05) is 13.7 Å². The van der Waals surface area contributed by atoms with Crippen LogP contribution in [0.25, 0.3) is 0 Å². The van der Waals surface area contributed by atoms with E-state index in [-0.39, 0.29) is 0 Å².